The summed E-state index contributed by atoms with van der Waals surface area (Å²) in [5.41, 5.74) is 4.71. The molecule has 3 N–H and O–H groups in total. The highest BCUT2D eigenvalue weighted by Gasteiger charge is 2.41. The van der Waals surface area contributed by atoms with Crippen molar-refractivity contribution in [2.75, 3.05) is 13.7 Å². The van der Waals surface area contributed by atoms with Crippen LogP contribution in [0.2, 0.25) is 0 Å². The van der Waals surface area contributed by atoms with Gasteiger partial charge in [0.2, 0.25) is 0 Å². The minimum atomic E-state index is -0.866. The standard InChI is InChI=1S/C10H21NO3/c1-7(2)10(6-11,9(12)13)5-8(3)14-4/h7-8H,5-6,11H2,1-4H3,(H,12,13). The third-order valence-electron chi connectivity index (χ3n) is 2.95. The van der Waals surface area contributed by atoms with Crippen molar-refractivity contribution < 1.29 is 14.6 Å². The van der Waals surface area contributed by atoms with Crippen molar-refractivity contribution in [2.24, 2.45) is 17.1 Å². The lowest BCUT2D eigenvalue weighted by atomic mass is 9.73. The fourth-order valence-electron chi connectivity index (χ4n) is 1.57. The van der Waals surface area contributed by atoms with Crippen molar-refractivity contribution in [2.45, 2.75) is 33.3 Å². The highest BCUT2D eigenvalue weighted by atomic mass is 16.5. The molecule has 0 saturated heterocycles. The van der Waals surface area contributed by atoms with Gasteiger partial charge >= 0.3 is 5.97 Å². The van der Waals surface area contributed by atoms with Crippen molar-refractivity contribution in [3.05, 3.63) is 0 Å². The molecule has 0 fully saturated rings. The molecule has 0 rings (SSSR count). The quantitative estimate of drug-likeness (QED) is 0.678. The fourth-order valence-corrected chi connectivity index (χ4v) is 1.57. The van der Waals surface area contributed by atoms with E-state index in [1.807, 2.05) is 20.8 Å². The summed E-state index contributed by atoms with van der Waals surface area (Å²) in [7, 11) is 1.58. The van der Waals surface area contributed by atoms with E-state index in [0.717, 1.165) is 0 Å². The van der Waals surface area contributed by atoms with Gasteiger partial charge in [0.1, 0.15) is 0 Å². The number of hydrogen-bond acceptors (Lipinski definition) is 3. The molecule has 0 aromatic carbocycles. The molecular formula is C10H21NO3. The van der Waals surface area contributed by atoms with Gasteiger partial charge in [0.05, 0.1) is 11.5 Å². The van der Waals surface area contributed by atoms with Gasteiger partial charge in [-0.1, -0.05) is 13.8 Å². The molecule has 0 radical (unpaired) electrons. The summed E-state index contributed by atoms with van der Waals surface area (Å²) in [4.78, 5) is 11.2. The van der Waals surface area contributed by atoms with E-state index in [1.54, 1.807) is 7.11 Å². The largest absolute Gasteiger partial charge is 0.481 e. The first-order chi connectivity index (χ1) is 6.40. The summed E-state index contributed by atoms with van der Waals surface area (Å²) < 4.78 is 5.09. The SMILES string of the molecule is COC(C)CC(CN)(C(=O)O)C(C)C. The Morgan fingerprint density at radius 3 is 2.21 bits per heavy atom. The zero-order valence-corrected chi connectivity index (χ0v) is 9.41. The third kappa shape index (κ3) is 2.69. The topological polar surface area (TPSA) is 72.5 Å². The number of rotatable bonds is 6. The normalized spacial score (nSPS) is 17.9. The summed E-state index contributed by atoms with van der Waals surface area (Å²) >= 11 is 0. The van der Waals surface area contributed by atoms with Crippen molar-refractivity contribution in [1.29, 1.82) is 0 Å². The van der Waals surface area contributed by atoms with E-state index in [0.29, 0.717) is 6.42 Å². The highest BCUT2D eigenvalue weighted by Crippen LogP contribution is 2.32. The van der Waals surface area contributed by atoms with Crippen LogP contribution >= 0.6 is 0 Å². The van der Waals surface area contributed by atoms with Crippen LogP contribution in [-0.2, 0) is 9.53 Å². The van der Waals surface area contributed by atoms with E-state index in [2.05, 4.69) is 0 Å². The van der Waals surface area contributed by atoms with Crippen molar-refractivity contribution in [3.63, 3.8) is 0 Å². The Kier molecular flexibility index (Phi) is 5.08. The number of hydrogen-bond donors (Lipinski definition) is 2. The predicted molar refractivity (Wildman–Crippen MR) is 55.0 cm³/mol. The molecule has 84 valence electrons. The molecule has 0 aromatic rings. The number of carboxylic acids is 1. The molecule has 0 saturated carbocycles. The molecule has 0 aromatic heterocycles. The van der Waals surface area contributed by atoms with Gasteiger partial charge in [0.15, 0.2) is 0 Å². The zero-order valence-electron chi connectivity index (χ0n) is 9.41. The second kappa shape index (κ2) is 5.32. The van der Waals surface area contributed by atoms with Gasteiger partial charge in [-0.05, 0) is 19.3 Å². The maximum Gasteiger partial charge on any atom is 0.311 e. The van der Waals surface area contributed by atoms with Gasteiger partial charge in [-0.25, -0.2) is 0 Å². The minimum Gasteiger partial charge on any atom is -0.481 e. The van der Waals surface area contributed by atoms with Gasteiger partial charge in [0.25, 0.3) is 0 Å². The first-order valence-electron chi connectivity index (χ1n) is 4.87. The molecule has 0 heterocycles. The van der Waals surface area contributed by atoms with Gasteiger partial charge in [-0.3, -0.25) is 4.79 Å². The molecule has 4 nitrogen and oxygen atoms in total. The average Bonchev–Trinajstić information content (AvgIpc) is 2.12. The average molecular weight is 203 g/mol. The van der Waals surface area contributed by atoms with Crippen LogP contribution in [0.5, 0.6) is 0 Å². The lowest BCUT2D eigenvalue weighted by Gasteiger charge is -2.33. The van der Waals surface area contributed by atoms with Crippen LogP contribution in [0.3, 0.4) is 0 Å². The predicted octanol–water partition coefficient (Wildman–Crippen LogP) is 1.10. The molecular weight excluding hydrogens is 182 g/mol. The van der Waals surface area contributed by atoms with E-state index in [1.165, 1.54) is 0 Å². The summed E-state index contributed by atoms with van der Waals surface area (Å²) in [6.07, 6.45) is 0.365. The van der Waals surface area contributed by atoms with E-state index in [4.69, 9.17) is 10.5 Å². The minimum absolute atomic E-state index is 0.00241. The van der Waals surface area contributed by atoms with E-state index in [-0.39, 0.29) is 18.6 Å². The number of nitrogens with two attached hydrogens (primary N) is 1. The van der Waals surface area contributed by atoms with Crippen LogP contribution in [0, 0.1) is 11.3 Å². The molecule has 14 heavy (non-hydrogen) atoms. The lowest BCUT2D eigenvalue weighted by Crippen LogP contribution is -2.45. The van der Waals surface area contributed by atoms with Gasteiger partial charge in [-0.15, -0.1) is 0 Å². The molecule has 2 unspecified atom stereocenters. The maximum absolute atomic E-state index is 11.2. The summed E-state index contributed by atoms with van der Waals surface area (Å²) in [5.74, 6) is -0.832. The molecule has 2 atom stereocenters. The monoisotopic (exact) mass is 203 g/mol. The van der Waals surface area contributed by atoms with Crippen LogP contribution < -0.4 is 5.73 Å². The molecule has 0 aliphatic heterocycles. The van der Waals surface area contributed by atoms with Crippen molar-refractivity contribution >= 4 is 5.97 Å². The Labute approximate surface area is 85.4 Å². The Morgan fingerprint density at radius 2 is 2.00 bits per heavy atom. The number of methoxy groups -OCH3 is 1. The number of aliphatic carboxylic acids is 1. The number of carbonyl (C=O) groups is 1. The smallest absolute Gasteiger partial charge is 0.311 e. The Bertz CT molecular complexity index is 194. The van der Waals surface area contributed by atoms with Gasteiger partial charge < -0.3 is 15.6 Å². The van der Waals surface area contributed by atoms with Gasteiger partial charge in [0, 0.05) is 13.7 Å². The summed E-state index contributed by atoms with van der Waals surface area (Å²) in [6.45, 7) is 5.76. The Hall–Kier alpha value is -0.610. The molecule has 0 spiro atoms. The Balaban J connectivity index is 4.76. The van der Waals surface area contributed by atoms with E-state index in [9.17, 15) is 9.90 Å². The van der Waals surface area contributed by atoms with Gasteiger partial charge in [-0.2, -0.15) is 0 Å². The third-order valence-corrected chi connectivity index (χ3v) is 2.95. The van der Waals surface area contributed by atoms with Crippen LogP contribution in [0.15, 0.2) is 0 Å². The second-order valence-corrected chi connectivity index (χ2v) is 4.07. The molecule has 0 aliphatic carbocycles. The van der Waals surface area contributed by atoms with E-state index < -0.39 is 11.4 Å². The second-order valence-electron chi connectivity index (χ2n) is 4.07. The van der Waals surface area contributed by atoms with E-state index >= 15 is 0 Å². The highest BCUT2D eigenvalue weighted by molar-refractivity contribution is 5.75. The van der Waals surface area contributed by atoms with Crippen LogP contribution in [0.25, 0.3) is 0 Å². The molecule has 0 aliphatic rings. The van der Waals surface area contributed by atoms with Crippen molar-refractivity contribution in [3.8, 4) is 0 Å². The van der Waals surface area contributed by atoms with Crippen LogP contribution in [0.4, 0.5) is 0 Å². The number of ether oxygens (including phenoxy) is 1. The fraction of sp³-hybridized carbons (Fsp3) is 0.900. The van der Waals surface area contributed by atoms with Crippen LogP contribution in [0.1, 0.15) is 27.2 Å². The molecule has 0 amide bonds. The number of carboxylic acid groups (broad SMARTS) is 1. The van der Waals surface area contributed by atoms with Crippen LogP contribution in [-0.4, -0.2) is 30.8 Å². The zero-order chi connectivity index (χ0) is 11.4. The van der Waals surface area contributed by atoms with Crippen molar-refractivity contribution in [1.82, 2.24) is 0 Å². The maximum atomic E-state index is 11.2. The summed E-state index contributed by atoms with van der Waals surface area (Å²) in [6, 6.07) is 0. The molecule has 0 bridgehead atoms. The lowest BCUT2D eigenvalue weighted by molar-refractivity contribution is -0.153. The Morgan fingerprint density at radius 1 is 1.50 bits per heavy atom. The first kappa shape index (κ1) is 13.4. The molecule has 4 heteroatoms. The first-order valence-corrected chi connectivity index (χ1v) is 4.87. The summed E-state index contributed by atoms with van der Waals surface area (Å²) in [5, 5.41) is 9.20.